The summed E-state index contributed by atoms with van der Waals surface area (Å²) in [6, 6.07) is 10.9. The summed E-state index contributed by atoms with van der Waals surface area (Å²) in [5.74, 6) is -1.65. The molecule has 0 atom stereocenters. The molecular formula is C16H12N2O4. The molecule has 1 heterocycles. The Bertz CT molecular complexity index is 854. The molecule has 0 radical (unpaired) electrons. The molecule has 0 aliphatic carbocycles. The lowest BCUT2D eigenvalue weighted by Crippen LogP contribution is -2.34. The van der Waals surface area contributed by atoms with Crippen molar-refractivity contribution in [3.05, 3.63) is 42.0 Å². The number of amides is 2. The lowest BCUT2D eigenvalue weighted by molar-refractivity contribution is -0.140. The number of carbonyl (C=O) groups is 3. The molecule has 0 aromatic heterocycles. The predicted octanol–water partition coefficient (Wildman–Crippen LogP) is 2.00. The number of nitrogens with zero attached hydrogens (tertiary/aromatic N) is 2. The highest BCUT2D eigenvalue weighted by Crippen LogP contribution is 2.35. The van der Waals surface area contributed by atoms with Gasteiger partial charge in [0.2, 0.25) is 5.91 Å². The maximum absolute atomic E-state index is 12.4. The van der Waals surface area contributed by atoms with E-state index in [1.807, 2.05) is 30.3 Å². The van der Waals surface area contributed by atoms with Gasteiger partial charge in [0.1, 0.15) is 0 Å². The summed E-state index contributed by atoms with van der Waals surface area (Å²) < 4.78 is 0. The molecule has 6 heteroatoms. The second-order valence-electron chi connectivity index (χ2n) is 4.86. The third-order valence-electron chi connectivity index (χ3n) is 3.37. The van der Waals surface area contributed by atoms with E-state index >= 15 is 0 Å². The second-order valence-corrected chi connectivity index (χ2v) is 4.86. The quantitative estimate of drug-likeness (QED) is 0.596. The van der Waals surface area contributed by atoms with Gasteiger partial charge in [0.05, 0.1) is 5.69 Å². The second kappa shape index (κ2) is 5.07. The smallest absolute Gasteiger partial charge is 0.318 e. The number of carbonyl (C=O) groups excluding carboxylic acids is 3. The maximum atomic E-state index is 12.4. The molecule has 0 fully saturated rings. The number of fused-ring (bicyclic) bond motifs is 3. The number of oxime groups is 1. The maximum Gasteiger partial charge on any atom is 0.332 e. The largest absolute Gasteiger partial charge is 0.332 e. The fourth-order valence-electron chi connectivity index (χ4n) is 2.52. The van der Waals surface area contributed by atoms with Crippen LogP contribution in [-0.2, 0) is 19.2 Å². The number of hydrogen-bond donors (Lipinski definition) is 0. The van der Waals surface area contributed by atoms with Crippen LogP contribution in [0.2, 0.25) is 0 Å². The number of anilines is 1. The molecule has 0 saturated carbocycles. The van der Waals surface area contributed by atoms with Crippen LogP contribution in [-0.4, -0.2) is 23.5 Å². The van der Waals surface area contributed by atoms with Crippen LogP contribution < -0.4 is 4.90 Å². The van der Waals surface area contributed by atoms with Crippen LogP contribution in [0, 0.1) is 0 Å². The van der Waals surface area contributed by atoms with Gasteiger partial charge in [-0.2, -0.15) is 0 Å². The van der Waals surface area contributed by atoms with Gasteiger partial charge in [0, 0.05) is 19.4 Å². The molecule has 0 spiro atoms. The van der Waals surface area contributed by atoms with E-state index in [0.29, 0.717) is 11.3 Å². The van der Waals surface area contributed by atoms with Gasteiger partial charge in [-0.05, 0) is 16.8 Å². The molecular weight excluding hydrogens is 284 g/mol. The molecule has 6 nitrogen and oxygen atoms in total. The van der Waals surface area contributed by atoms with E-state index < -0.39 is 17.8 Å². The molecule has 2 aromatic carbocycles. The Morgan fingerprint density at radius 1 is 1.09 bits per heavy atom. The molecule has 3 rings (SSSR count). The van der Waals surface area contributed by atoms with Crippen molar-refractivity contribution >= 4 is 40.0 Å². The SMILES string of the molecule is CC(=O)O/N=C1\C(=O)N(C(C)=O)c2ccc3ccccc3c21. The van der Waals surface area contributed by atoms with Gasteiger partial charge >= 0.3 is 5.97 Å². The molecule has 1 aliphatic rings. The lowest BCUT2D eigenvalue weighted by atomic mass is 10.0. The first kappa shape index (κ1) is 13.9. The van der Waals surface area contributed by atoms with Crippen LogP contribution >= 0.6 is 0 Å². The fraction of sp³-hybridized carbons (Fsp3) is 0.125. The minimum absolute atomic E-state index is 0.0443. The average Bonchev–Trinajstić information content (AvgIpc) is 2.77. The topological polar surface area (TPSA) is 76.0 Å². The number of rotatable bonds is 1. The van der Waals surface area contributed by atoms with Crippen LogP contribution in [0.15, 0.2) is 41.6 Å². The van der Waals surface area contributed by atoms with Crippen LogP contribution in [0.5, 0.6) is 0 Å². The Hall–Kier alpha value is -3.02. The Kier molecular flexibility index (Phi) is 3.21. The van der Waals surface area contributed by atoms with Gasteiger partial charge < -0.3 is 4.84 Å². The summed E-state index contributed by atoms with van der Waals surface area (Å²) >= 11 is 0. The van der Waals surface area contributed by atoms with Gasteiger partial charge in [0.15, 0.2) is 5.71 Å². The lowest BCUT2D eigenvalue weighted by Gasteiger charge is -2.12. The van der Waals surface area contributed by atoms with Gasteiger partial charge in [-0.15, -0.1) is 0 Å². The van der Waals surface area contributed by atoms with Crippen LogP contribution in [0.4, 0.5) is 5.69 Å². The van der Waals surface area contributed by atoms with Crippen molar-refractivity contribution in [3.8, 4) is 0 Å². The summed E-state index contributed by atoms with van der Waals surface area (Å²) in [6.45, 7) is 2.49. The van der Waals surface area contributed by atoms with E-state index in [4.69, 9.17) is 0 Å². The fourth-order valence-corrected chi connectivity index (χ4v) is 2.52. The van der Waals surface area contributed by atoms with E-state index in [1.54, 1.807) is 6.07 Å². The van der Waals surface area contributed by atoms with Crippen LogP contribution in [0.25, 0.3) is 10.8 Å². The number of hydrogen-bond acceptors (Lipinski definition) is 5. The molecule has 2 amide bonds. The third-order valence-corrected chi connectivity index (χ3v) is 3.37. The summed E-state index contributed by atoms with van der Waals surface area (Å²) in [6.07, 6.45) is 0. The van der Waals surface area contributed by atoms with Crippen molar-refractivity contribution in [1.82, 2.24) is 0 Å². The summed E-state index contributed by atoms with van der Waals surface area (Å²) in [4.78, 5) is 40.9. The minimum Gasteiger partial charge on any atom is -0.318 e. The van der Waals surface area contributed by atoms with Crippen molar-refractivity contribution in [2.75, 3.05) is 4.90 Å². The first-order valence-electron chi connectivity index (χ1n) is 6.63. The van der Waals surface area contributed by atoms with Crippen molar-refractivity contribution in [3.63, 3.8) is 0 Å². The molecule has 0 bridgehead atoms. The van der Waals surface area contributed by atoms with Gasteiger partial charge in [-0.25, -0.2) is 9.69 Å². The predicted molar refractivity (Wildman–Crippen MR) is 80.4 cm³/mol. The highest BCUT2D eigenvalue weighted by molar-refractivity contribution is 6.59. The molecule has 0 N–H and O–H groups in total. The molecule has 0 unspecified atom stereocenters. The third kappa shape index (κ3) is 2.05. The Balaban J connectivity index is 2.31. The number of benzene rings is 2. The van der Waals surface area contributed by atoms with E-state index in [1.165, 1.54) is 13.8 Å². The van der Waals surface area contributed by atoms with E-state index in [9.17, 15) is 14.4 Å². The summed E-state index contributed by atoms with van der Waals surface area (Å²) in [5.41, 5.74) is 0.902. The van der Waals surface area contributed by atoms with Crippen molar-refractivity contribution in [2.45, 2.75) is 13.8 Å². The van der Waals surface area contributed by atoms with Crippen molar-refractivity contribution < 1.29 is 19.2 Å². The molecule has 1 aliphatic heterocycles. The summed E-state index contributed by atoms with van der Waals surface area (Å²) in [5, 5.41) is 5.32. The van der Waals surface area contributed by atoms with E-state index in [-0.39, 0.29) is 5.71 Å². The molecule has 110 valence electrons. The first-order valence-corrected chi connectivity index (χ1v) is 6.63. The van der Waals surface area contributed by atoms with Crippen molar-refractivity contribution in [1.29, 1.82) is 0 Å². The van der Waals surface area contributed by atoms with E-state index in [0.717, 1.165) is 15.7 Å². The Morgan fingerprint density at radius 2 is 1.82 bits per heavy atom. The molecule has 0 saturated heterocycles. The van der Waals surface area contributed by atoms with Crippen LogP contribution in [0.3, 0.4) is 0 Å². The highest BCUT2D eigenvalue weighted by atomic mass is 16.7. The Morgan fingerprint density at radius 3 is 2.50 bits per heavy atom. The zero-order chi connectivity index (χ0) is 15.9. The van der Waals surface area contributed by atoms with Gasteiger partial charge in [0.25, 0.3) is 5.91 Å². The Labute approximate surface area is 126 Å². The normalized spacial score (nSPS) is 15.3. The van der Waals surface area contributed by atoms with Gasteiger partial charge in [-0.1, -0.05) is 35.5 Å². The average molecular weight is 296 g/mol. The number of imide groups is 1. The zero-order valence-corrected chi connectivity index (χ0v) is 12.0. The standard InChI is InChI=1S/C16H12N2O4/c1-9(19)18-13-8-7-11-5-3-4-6-12(11)14(13)15(16(18)21)17-22-10(2)20/h3-8H,1-2H3/b17-15-. The zero-order valence-electron chi connectivity index (χ0n) is 12.0. The molecule has 22 heavy (non-hydrogen) atoms. The van der Waals surface area contributed by atoms with Crippen LogP contribution in [0.1, 0.15) is 19.4 Å². The van der Waals surface area contributed by atoms with Gasteiger partial charge in [-0.3, -0.25) is 9.59 Å². The minimum atomic E-state index is -0.636. The summed E-state index contributed by atoms with van der Waals surface area (Å²) in [7, 11) is 0. The van der Waals surface area contributed by atoms with E-state index in [2.05, 4.69) is 9.99 Å². The highest BCUT2D eigenvalue weighted by Gasteiger charge is 2.38. The first-order chi connectivity index (χ1) is 10.5. The van der Waals surface area contributed by atoms with Crippen molar-refractivity contribution in [2.24, 2.45) is 5.16 Å². The molecule has 2 aromatic rings. The monoisotopic (exact) mass is 296 g/mol.